The summed E-state index contributed by atoms with van der Waals surface area (Å²) in [6, 6.07) is 16.5. The molecule has 0 aliphatic carbocycles. The molecular weight excluding hydrogens is 348 g/mol. The number of thiazole rings is 1. The van der Waals surface area contributed by atoms with Crippen LogP contribution in [-0.2, 0) is 10.5 Å². The topological polar surface area (TPSA) is 42.0 Å². The van der Waals surface area contributed by atoms with Crippen LogP contribution in [0, 0.1) is 13.8 Å². The van der Waals surface area contributed by atoms with Crippen molar-refractivity contribution in [1.29, 1.82) is 0 Å². The van der Waals surface area contributed by atoms with E-state index in [1.54, 1.807) is 11.8 Å². The molecule has 1 heterocycles. The van der Waals surface area contributed by atoms with Crippen molar-refractivity contribution in [2.24, 2.45) is 0 Å². The lowest BCUT2D eigenvalue weighted by Crippen LogP contribution is -2.14. The first-order valence-electron chi connectivity index (χ1n) is 8.06. The fraction of sp³-hybridized carbons (Fsp3) is 0.200. The van der Waals surface area contributed by atoms with Crippen LogP contribution in [-0.4, -0.2) is 16.6 Å². The Labute approximate surface area is 156 Å². The molecule has 3 rings (SSSR count). The highest BCUT2D eigenvalue weighted by molar-refractivity contribution is 7.99. The Morgan fingerprint density at radius 3 is 2.76 bits per heavy atom. The highest BCUT2D eigenvalue weighted by Gasteiger charge is 2.10. The van der Waals surface area contributed by atoms with Crippen LogP contribution in [0.3, 0.4) is 0 Å². The molecule has 0 saturated carbocycles. The Morgan fingerprint density at radius 2 is 1.96 bits per heavy atom. The Kier molecular flexibility index (Phi) is 5.89. The molecule has 25 heavy (non-hydrogen) atoms. The molecule has 0 atom stereocenters. The zero-order valence-corrected chi connectivity index (χ0v) is 15.9. The molecule has 5 heteroatoms. The van der Waals surface area contributed by atoms with E-state index in [9.17, 15) is 4.79 Å². The molecule has 3 aromatic rings. The molecule has 0 aliphatic heterocycles. The standard InChI is InChI=1S/C20H20N2OS2/c1-14-8-9-15(2)17(10-14)18-12-25-20(21-18)22-19(23)13-24-11-16-6-4-3-5-7-16/h3-10,12H,11,13H2,1-2H3,(H,21,22,23). The van der Waals surface area contributed by atoms with E-state index in [0.29, 0.717) is 10.9 Å². The third-order valence-electron chi connectivity index (χ3n) is 3.76. The van der Waals surface area contributed by atoms with Gasteiger partial charge in [-0.15, -0.1) is 23.1 Å². The van der Waals surface area contributed by atoms with Crippen molar-refractivity contribution in [2.45, 2.75) is 19.6 Å². The van der Waals surface area contributed by atoms with Gasteiger partial charge in [0.05, 0.1) is 11.4 Å². The lowest BCUT2D eigenvalue weighted by Gasteiger charge is -2.04. The van der Waals surface area contributed by atoms with Gasteiger partial charge in [-0.1, -0.05) is 48.0 Å². The summed E-state index contributed by atoms with van der Waals surface area (Å²) < 4.78 is 0. The summed E-state index contributed by atoms with van der Waals surface area (Å²) in [6.07, 6.45) is 0. The van der Waals surface area contributed by atoms with E-state index >= 15 is 0 Å². The number of hydrogen-bond donors (Lipinski definition) is 1. The Hall–Kier alpha value is -2.11. The smallest absolute Gasteiger partial charge is 0.236 e. The van der Waals surface area contributed by atoms with Crippen LogP contribution in [0.15, 0.2) is 53.9 Å². The van der Waals surface area contributed by atoms with Crippen LogP contribution in [0.25, 0.3) is 11.3 Å². The summed E-state index contributed by atoms with van der Waals surface area (Å²) in [7, 11) is 0. The van der Waals surface area contributed by atoms with Gasteiger partial charge in [-0.3, -0.25) is 4.79 Å². The van der Waals surface area contributed by atoms with Crippen LogP contribution in [0.2, 0.25) is 0 Å². The molecule has 3 nitrogen and oxygen atoms in total. The second-order valence-corrected chi connectivity index (χ2v) is 7.73. The van der Waals surface area contributed by atoms with Gasteiger partial charge in [0.25, 0.3) is 0 Å². The molecule has 0 radical (unpaired) electrons. The molecule has 0 spiro atoms. The predicted octanol–water partition coefficient (Wildman–Crippen LogP) is 5.30. The van der Waals surface area contributed by atoms with E-state index in [1.807, 2.05) is 23.6 Å². The molecule has 0 bridgehead atoms. The van der Waals surface area contributed by atoms with Crippen LogP contribution < -0.4 is 5.32 Å². The number of carbonyl (C=O) groups excluding carboxylic acids is 1. The maximum absolute atomic E-state index is 12.1. The SMILES string of the molecule is Cc1ccc(C)c(-c2csc(NC(=O)CSCc3ccccc3)n2)c1. The number of rotatable bonds is 6. The maximum Gasteiger partial charge on any atom is 0.236 e. The zero-order chi connectivity index (χ0) is 17.6. The fourth-order valence-electron chi connectivity index (χ4n) is 2.46. The first-order chi connectivity index (χ1) is 12.1. The number of hydrogen-bond acceptors (Lipinski definition) is 4. The zero-order valence-electron chi connectivity index (χ0n) is 14.3. The Morgan fingerprint density at radius 1 is 1.16 bits per heavy atom. The second-order valence-electron chi connectivity index (χ2n) is 5.88. The van der Waals surface area contributed by atoms with Crippen LogP contribution >= 0.6 is 23.1 Å². The predicted molar refractivity (Wildman–Crippen MR) is 108 cm³/mol. The van der Waals surface area contributed by atoms with Gasteiger partial charge >= 0.3 is 0 Å². The summed E-state index contributed by atoms with van der Waals surface area (Å²) in [5.41, 5.74) is 5.66. The van der Waals surface area contributed by atoms with Gasteiger partial charge in [-0.05, 0) is 31.0 Å². The lowest BCUT2D eigenvalue weighted by atomic mass is 10.0. The van der Waals surface area contributed by atoms with E-state index < -0.39 is 0 Å². The monoisotopic (exact) mass is 368 g/mol. The first kappa shape index (κ1) is 17.7. The van der Waals surface area contributed by atoms with Crippen molar-refractivity contribution in [3.8, 4) is 11.3 Å². The minimum atomic E-state index is -0.0113. The number of aryl methyl sites for hydroxylation is 2. The number of nitrogens with zero attached hydrogens (tertiary/aromatic N) is 1. The minimum Gasteiger partial charge on any atom is -0.301 e. The van der Waals surface area contributed by atoms with Gasteiger partial charge in [-0.25, -0.2) is 4.98 Å². The number of nitrogens with one attached hydrogen (secondary N) is 1. The van der Waals surface area contributed by atoms with E-state index in [-0.39, 0.29) is 5.91 Å². The summed E-state index contributed by atoms with van der Waals surface area (Å²) in [5.74, 6) is 1.25. The largest absolute Gasteiger partial charge is 0.301 e. The molecule has 1 aromatic heterocycles. The van der Waals surface area contributed by atoms with Crippen molar-refractivity contribution < 1.29 is 4.79 Å². The van der Waals surface area contributed by atoms with E-state index in [4.69, 9.17) is 0 Å². The summed E-state index contributed by atoms with van der Waals surface area (Å²) in [6.45, 7) is 4.15. The number of thioether (sulfide) groups is 1. The van der Waals surface area contributed by atoms with E-state index in [0.717, 1.165) is 17.0 Å². The average molecular weight is 369 g/mol. The van der Waals surface area contributed by atoms with Crippen LogP contribution in [0.4, 0.5) is 5.13 Å². The molecule has 0 fully saturated rings. The number of carbonyl (C=O) groups is 1. The molecule has 2 aromatic carbocycles. The summed E-state index contributed by atoms with van der Waals surface area (Å²) in [5, 5.41) is 5.55. The molecule has 128 valence electrons. The Balaban J connectivity index is 1.56. The highest BCUT2D eigenvalue weighted by atomic mass is 32.2. The number of amides is 1. The normalized spacial score (nSPS) is 10.6. The highest BCUT2D eigenvalue weighted by Crippen LogP contribution is 2.28. The summed E-state index contributed by atoms with van der Waals surface area (Å²) in [4.78, 5) is 16.7. The maximum atomic E-state index is 12.1. The van der Waals surface area contributed by atoms with Crippen molar-refractivity contribution >= 4 is 34.1 Å². The van der Waals surface area contributed by atoms with Gasteiger partial charge in [0.15, 0.2) is 5.13 Å². The minimum absolute atomic E-state index is 0.0113. The van der Waals surface area contributed by atoms with E-state index in [2.05, 4.69) is 54.5 Å². The molecule has 0 aliphatic rings. The third-order valence-corrected chi connectivity index (χ3v) is 5.53. The number of aromatic nitrogens is 1. The van der Waals surface area contributed by atoms with E-state index in [1.165, 1.54) is 28.0 Å². The van der Waals surface area contributed by atoms with Crippen molar-refractivity contribution in [3.63, 3.8) is 0 Å². The molecule has 1 N–H and O–H groups in total. The number of benzene rings is 2. The van der Waals surface area contributed by atoms with Gasteiger partial charge in [0, 0.05) is 16.7 Å². The molecular formula is C20H20N2OS2. The average Bonchev–Trinajstić information content (AvgIpc) is 3.06. The summed E-state index contributed by atoms with van der Waals surface area (Å²) >= 11 is 3.07. The molecule has 1 amide bonds. The number of anilines is 1. The third kappa shape index (κ3) is 4.94. The van der Waals surface area contributed by atoms with Gasteiger partial charge in [0.1, 0.15) is 0 Å². The quantitative estimate of drug-likeness (QED) is 0.642. The molecule has 0 unspecified atom stereocenters. The van der Waals surface area contributed by atoms with Crippen molar-refractivity contribution in [3.05, 3.63) is 70.6 Å². The second kappa shape index (κ2) is 8.32. The van der Waals surface area contributed by atoms with Crippen molar-refractivity contribution in [1.82, 2.24) is 4.98 Å². The first-order valence-corrected chi connectivity index (χ1v) is 10.1. The molecule has 0 saturated heterocycles. The van der Waals surface area contributed by atoms with Crippen molar-refractivity contribution in [2.75, 3.05) is 11.1 Å². The van der Waals surface area contributed by atoms with Gasteiger partial charge in [-0.2, -0.15) is 0 Å². The lowest BCUT2D eigenvalue weighted by molar-refractivity contribution is -0.113. The fourth-order valence-corrected chi connectivity index (χ4v) is 3.97. The van der Waals surface area contributed by atoms with Crippen LogP contribution in [0.5, 0.6) is 0 Å². The Bertz CT molecular complexity index is 859. The van der Waals surface area contributed by atoms with Crippen LogP contribution in [0.1, 0.15) is 16.7 Å². The van der Waals surface area contributed by atoms with Gasteiger partial charge < -0.3 is 5.32 Å². The van der Waals surface area contributed by atoms with Gasteiger partial charge in [0.2, 0.25) is 5.91 Å².